The molecule has 1 fully saturated rings. The number of hydrogen-bond donors (Lipinski definition) is 0. The Morgan fingerprint density at radius 2 is 1.42 bits per heavy atom. The van der Waals surface area contributed by atoms with Crippen LogP contribution in [0.5, 0.6) is 23.0 Å². The first-order chi connectivity index (χ1) is 18.3. The Morgan fingerprint density at radius 1 is 0.816 bits per heavy atom. The van der Waals surface area contributed by atoms with Gasteiger partial charge in [0, 0.05) is 37.8 Å². The fourth-order valence-corrected chi connectivity index (χ4v) is 6.46. The highest BCUT2D eigenvalue weighted by Gasteiger charge is 2.35. The van der Waals surface area contributed by atoms with E-state index in [1.807, 2.05) is 18.2 Å². The van der Waals surface area contributed by atoms with E-state index in [0.717, 1.165) is 29.2 Å². The van der Waals surface area contributed by atoms with Gasteiger partial charge in [-0.2, -0.15) is 0 Å². The van der Waals surface area contributed by atoms with Gasteiger partial charge in [-0.05, 0) is 66.9 Å². The molecule has 0 unspecified atom stereocenters. The van der Waals surface area contributed by atoms with Gasteiger partial charge in [-0.25, -0.2) is 12.8 Å². The van der Waals surface area contributed by atoms with Crippen LogP contribution in [0.3, 0.4) is 0 Å². The molecule has 0 saturated carbocycles. The summed E-state index contributed by atoms with van der Waals surface area (Å²) >= 11 is 0. The zero-order valence-corrected chi connectivity index (χ0v) is 22.8. The van der Waals surface area contributed by atoms with E-state index in [0.29, 0.717) is 49.7 Å². The van der Waals surface area contributed by atoms with Gasteiger partial charge in [0.25, 0.3) is 10.0 Å². The number of anilines is 1. The van der Waals surface area contributed by atoms with Gasteiger partial charge in [-0.1, -0.05) is 0 Å². The predicted octanol–water partition coefficient (Wildman–Crippen LogP) is 4.72. The van der Waals surface area contributed by atoms with E-state index in [4.69, 9.17) is 18.9 Å². The highest BCUT2D eigenvalue weighted by molar-refractivity contribution is 7.92. The van der Waals surface area contributed by atoms with Crippen LogP contribution in [0.4, 0.5) is 10.1 Å². The van der Waals surface area contributed by atoms with Crippen LogP contribution in [0.1, 0.15) is 18.4 Å². The Labute approximate surface area is 223 Å². The molecular weight excluding hydrogens is 511 g/mol. The molecule has 0 aliphatic carbocycles. The first kappa shape index (κ1) is 27.5. The fraction of sp³-hybridized carbons (Fsp3) is 0.357. The molecule has 0 N–H and O–H groups in total. The molecule has 1 aliphatic heterocycles. The number of methoxy groups -OCH3 is 4. The Bertz CT molecular complexity index is 1320. The molecule has 4 rings (SSSR count). The normalized spacial score (nSPS) is 14.7. The third-order valence-corrected chi connectivity index (χ3v) is 8.59. The van der Waals surface area contributed by atoms with E-state index in [9.17, 15) is 12.8 Å². The molecule has 0 bridgehead atoms. The Hall–Kier alpha value is -3.50. The van der Waals surface area contributed by atoms with E-state index in [-0.39, 0.29) is 10.9 Å². The minimum Gasteiger partial charge on any atom is -0.497 e. The van der Waals surface area contributed by atoms with Crippen molar-refractivity contribution in [3.8, 4) is 23.0 Å². The quantitative estimate of drug-likeness (QED) is 0.366. The van der Waals surface area contributed by atoms with Crippen LogP contribution in [0.25, 0.3) is 0 Å². The molecule has 10 heteroatoms. The number of nitrogens with zero attached hydrogens (tertiary/aromatic N) is 2. The molecule has 1 aliphatic rings. The van der Waals surface area contributed by atoms with Gasteiger partial charge >= 0.3 is 0 Å². The van der Waals surface area contributed by atoms with Crippen molar-refractivity contribution < 1.29 is 31.8 Å². The number of rotatable bonds is 10. The van der Waals surface area contributed by atoms with Gasteiger partial charge < -0.3 is 18.9 Å². The molecule has 3 aromatic rings. The summed E-state index contributed by atoms with van der Waals surface area (Å²) in [5.74, 6) is 1.87. The number of ether oxygens (including phenoxy) is 4. The van der Waals surface area contributed by atoms with Gasteiger partial charge in [0.05, 0.1) is 39.0 Å². The van der Waals surface area contributed by atoms with Crippen molar-refractivity contribution in [1.29, 1.82) is 0 Å². The Kier molecular flexibility index (Phi) is 8.63. The summed E-state index contributed by atoms with van der Waals surface area (Å²) in [5, 5.41) is 0. The first-order valence-electron chi connectivity index (χ1n) is 12.3. The standard InChI is InChI=1S/C28H33FN2O6S/c1-34-24-15-20(16-25(18-24)35-2)19-30-13-11-22(12-14-30)31(23-7-10-27(36-3)28(17-23)37-4)38(32,33)26-8-5-21(29)6-9-26/h5-10,15-18,22H,11-14,19H2,1-4H3. The van der Waals surface area contributed by atoms with Crippen molar-refractivity contribution in [2.45, 2.75) is 30.3 Å². The van der Waals surface area contributed by atoms with Gasteiger partial charge in [-0.3, -0.25) is 9.21 Å². The summed E-state index contributed by atoms with van der Waals surface area (Å²) in [6.07, 6.45) is 1.21. The number of halogens is 1. The SMILES string of the molecule is COc1cc(CN2CCC(N(c3ccc(OC)c(OC)c3)S(=O)(=O)c3ccc(F)cc3)CC2)cc(OC)c1. The Morgan fingerprint density at radius 3 is 1.97 bits per heavy atom. The second-order valence-electron chi connectivity index (χ2n) is 9.02. The number of hydrogen-bond acceptors (Lipinski definition) is 7. The van der Waals surface area contributed by atoms with Gasteiger partial charge in [0.2, 0.25) is 0 Å². The fourth-order valence-electron chi connectivity index (χ4n) is 4.76. The van der Waals surface area contributed by atoms with Crippen LogP contribution < -0.4 is 23.3 Å². The number of sulfonamides is 1. The molecule has 8 nitrogen and oxygen atoms in total. The topological polar surface area (TPSA) is 77.5 Å². The molecule has 0 amide bonds. The van der Waals surface area contributed by atoms with Crippen molar-refractivity contribution >= 4 is 15.7 Å². The summed E-state index contributed by atoms with van der Waals surface area (Å²) in [4.78, 5) is 2.31. The van der Waals surface area contributed by atoms with Gasteiger partial charge in [0.15, 0.2) is 11.5 Å². The molecule has 0 radical (unpaired) electrons. The van der Waals surface area contributed by atoms with Crippen LogP contribution in [0.15, 0.2) is 65.6 Å². The molecule has 0 spiro atoms. The second-order valence-corrected chi connectivity index (χ2v) is 10.8. The van der Waals surface area contributed by atoms with Crippen molar-refractivity contribution in [3.63, 3.8) is 0 Å². The summed E-state index contributed by atoms with van der Waals surface area (Å²) in [5.41, 5.74) is 1.51. The van der Waals surface area contributed by atoms with Crippen LogP contribution in [0.2, 0.25) is 0 Å². The number of piperidine rings is 1. The highest BCUT2D eigenvalue weighted by Crippen LogP contribution is 2.37. The molecular formula is C28H33FN2O6S. The van der Waals surface area contributed by atoms with Crippen molar-refractivity contribution in [2.75, 3.05) is 45.8 Å². The lowest BCUT2D eigenvalue weighted by molar-refractivity contribution is 0.206. The molecule has 0 atom stereocenters. The zero-order chi connectivity index (χ0) is 27.3. The average molecular weight is 545 g/mol. The maximum Gasteiger partial charge on any atom is 0.264 e. The second kappa shape index (κ2) is 11.9. The smallest absolute Gasteiger partial charge is 0.264 e. The monoisotopic (exact) mass is 544 g/mol. The molecule has 1 saturated heterocycles. The highest BCUT2D eigenvalue weighted by atomic mass is 32.2. The molecule has 1 heterocycles. The van der Waals surface area contributed by atoms with E-state index < -0.39 is 15.8 Å². The lowest BCUT2D eigenvalue weighted by Crippen LogP contribution is -2.47. The molecule has 38 heavy (non-hydrogen) atoms. The summed E-state index contributed by atoms with van der Waals surface area (Å²) in [6.45, 7) is 2.06. The van der Waals surface area contributed by atoms with Crippen molar-refractivity contribution in [1.82, 2.24) is 4.90 Å². The maximum absolute atomic E-state index is 13.9. The van der Waals surface area contributed by atoms with Crippen LogP contribution in [-0.2, 0) is 16.6 Å². The van der Waals surface area contributed by atoms with E-state index in [2.05, 4.69) is 4.90 Å². The van der Waals surface area contributed by atoms with E-state index in [1.165, 1.54) is 30.7 Å². The molecule has 204 valence electrons. The largest absolute Gasteiger partial charge is 0.497 e. The third-order valence-electron chi connectivity index (χ3n) is 6.70. The van der Waals surface area contributed by atoms with Crippen molar-refractivity contribution in [3.05, 3.63) is 72.0 Å². The van der Waals surface area contributed by atoms with Crippen LogP contribution in [-0.4, -0.2) is 60.9 Å². The summed E-state index contributed by atoms with van der Waals surface area (Å²) in [6, 6.07) is 15.4. The molecule has 3 aromatic carbocycles. The lowest BCUT2D eigenvalue weighted by atomic mass is 10.0. The average Bonchev–Trinajstić information content (AvgIpc) is 2.93. The van der Waals surface area contributed by atoms with Crippen LogP contribution in [0, 0.1) is 5.82 Å². The maximum atomic E-state index is 13.9. The lowest BCUT2D eigenvalue weighted by Gasteiger charge is -2.39. The van der Waals surface area contributed by atoms with Crippen molar-refractivity contribution in [2.24, 2.45) is 0 Å². The predicted molar refractivity (Wildman–Crippen MR) is 143 cm³/mol. The third kappa shape index (κ3) is 5.97. The molecule has 0 aromatic heterocycles. The Balaban J connectivity index is 1.61. The summed E-state index contributed by atoms with van der Waals surface area (Å²) in [7, 11) is 2.28. The minimum absolute atomic E-state index is 0.0274. The summed E-state index contributed by atoms with van der Waals surface area (Å²) < 4.78 is 64.4. The van der Waals surface area contributed by atoms with E-state index >= 15 is 0 Å². The minimum atomic E-state index is -3.99. The first-order valence-corrected chi connectivity index (χ1v) is 13.7. The van der Waals surface area contributed by atoms with E-state index in [1.54, 1.807) is 32.4 Å². The van der Waals surface area contributed by atoms with Gasteiger partial charge in [-0.15, -0.1) is 0 Å². The van der Waals surface area contributed by atoms with Crippen LogP contribution >= 0.6 is 0 Å². The number of benzene rings is 3. The number of likely N-dealkylation sites (tertiary alicyclic amines) is 1. The van der Waals surface area contributed by atoms with Gasteiger partial charge in [0.1, 0.15) is 17.3 Å². The zero-order valence-electron chi connectivity index (χ0n) is 22.0.